The second-order valence-electron chi connectivity index (χ2n) is 5.29. The Hall–Kier alpha value is -1.60. The lowest BCUT2D eigenvalue weighted by Gasteiger charge is -2.08. The molecule has 0 aliphatic carbocycles. The average Bonchev–Trinajstić information content (AvgIpc) is 2.94. The molecule has 0 radical (unpaired) electrons. The van der Waals surface area contributed by atoms with Gasteiger partial charge < -0.3 is 9.72 Å². The van der Waals surface area contributed by atoms with Crippen molar-refractivity contribution in [2.24, 2.45) is 0 Å². The molecule has 120 valence electrons. The van der Waals surface area contributed by atoms with E-state index >= 15 is 0 Å². The minimum atomic E-state index is 0.472. The number of nitriles is 1. The number of nitrogens with zero attached hydrogens (tertiary/aromatic N) is 2. The van der Waals surface area contributed by atoms with Crippen LogP contribution in [0.5, 0.6) is 5.75 Å². The molecule has 1 N–H and O–H groups in total. The van der Waals surface area contributed by atoms with Crippen LogP contribution in [0.1, 0.15) is 17.0 Å². The Morgan fingerprint density at radius 2 is 2.08 bits per heavy atom. The predicted molar refractivity (Wildman–Crippen MR) is 113 cm³/mol. The van der Waals surface area contributed by atoms with Gasteiger partial charge in [0.05, 0.1) is 27.3 Å². The molecule has 0 spiro atoms. The Morgan fingerprint density at radius 1 is 1.29 bits per heavy atom. The summed E-state index contributed by atoms with van der Waals surface area (Å²) < 4.78 is 7.58. The van der Waals surface area contributed by atoms with Crippen molar-refractivity contribution in [1.82, 2.24) is 9.97 Å². The SMILES string of the molecule is COc1c(I)cc(I)cc1/C=C(\C#N)c1nc2ccc(C)cc2[nH]1. The van der Waals surface area contributed by atoms with Gasteiger partial charge in [-0.05, 0) is 88.0 Å². The highest BCUT2D eigenvalue weighted by molar-refractivity contribution is 14.1. The molecule has 6 heteroatoms. The van der Waals surface area contributed by atoms with Gasteiger partial charge in [0.25, 0.3) is 0 Å². The normalized spacial score (nSPS) is 11.5. The Kier molecular flexibility index (Phi) is 5.10. The van der Waals surface area contributed by atoms with E-state index in [1.807, 2.05) is 43.3 Å². The molecule has 0 saturated carbocycles. The molecule has 1 heterocycles. The van der Waals surface area contributed by atoms with Crippen LogP contribution in [0, 0.1) is 25.4 Å². The van der Waals surface area contributed by atoms with Crippen molar-refractivity contribution in [3.63, 3.8) is 0 Å². The fraction of sp³-hybridized carbons (Fsp3) is 0.111. The van der Waals surface area contributed by atoms with Crippen LogP contribution in [-0.2, 0) is 0 Å². The molecular weight excluding hydrogens is 528 g/mol. The van der Waals surface area contributed by atoms with Gasteiger partial charge in [0.15, 0.2) is 0 Å². The third-order valence-electron chi connectivity index (χ3n) is 3.55. The van der Waals surface area contributed by atoms with Crippen LogP contribution in [-0.4, -0.2) is 17.1 Å². The lowest BCUT2D eigenvalue weighted by molar-refractivity contribution is 0.411. The topological polar surface area (TPSA) is 61.7 Å². The van der Waals surface area contributed by atoms with Crippen LogP contribution >= 0.6 is 45.2 Å². The largest absolute Gasteiger partial charge is 0.495 e. The number of methoxy groups -OCH3 is 1. The number of halogens is 2. The number of rotatable bonds is 3. The average molecular weight is 541 g/mol. The van der Waals surface area contributed by atoms with Crippen molar-refractivity contribution in [1.29, 1.82) is 5.26 Å². The number of aromatic nitrogens is 2. The van der Waals surface area contributed by atoms with E-state index in [2.05, 4.69) is 61.2 Å². The van der Waals surface area contributed by atoms with Gasteiger partial charge in [0.1, 0.15) is 17.6 Å². The van der Waals surface area contributed by atoms with Crippen LogP contribution in [0.2, 0.25) is 0 Å². The number of H-pyrrole nitrogens is 1. The third-order valence-corrected chi connectivity index (χ3v) is 4.98. The summed E-state index contributed by atoms with van der Waals surface area (Å²) in [6, 6.07) is 12.3. The Morgan fingerprint density at radius 3 is 2.79 bits per heavy atom. The van der Waals surface area contributed by atoms with Gasteiger partial charge in [-0.15, -0.1) is 0 Å². The number of allylic oxidation sites excluding steroid dienone is 1. The third kappa shape index (κ3) is 3.42. The van der Waals surface area contributed by atoms with Gasteiger partial charge >= 0.3 is 0 Å². The lowest BCUT2D eigenvalue weighted by Crippen LogP contribution is -1.93. The van der Waals surface area contributed by atoms with Crippen LogP contribution < -0.4 is 4.74 Å². The van der Waals surface area contributed by atoms with Crippen molar-refractivity contribution >= 4 is 67.9 Å². The highest BCUT2D eigenvalue weighted by Crippen LogP contribution is 2.31. The van der Waals surface area contributed by atoms with Crippen molar-refractivity contribution in [2.45, 2.75) is 6.92 Å². The van der Waals surface area contributed by atoms with Gasteiger partial charge in [-0.25, -0.2) is 4.98 Å². The molecule has 24 heavy (non-hydrogen) atoms. The monoisotopic (exact) mass is 541 g/mol. The number of hydrogen-bond acceptors (Lipinski definition) is 3. The maximum atomic E-state index is 9.60. The molecule has 3 aromatic rings. The number of benzene rings is 2. The summed E-state index contributed by atoms with van der Waals surface area (Å²) in [6.45, 7) is 2.03. The predicted octanol–water partition coefficient (Wildman–Crippen LogP) is 5.15. The minimum Gasteiger partial charge on any atom is -0.495 e. The maximum Gasteiger partial charge on any atom is 0.149 e. The second kappa shape index (κ2) is 7.11. The highest BCUT2D eigenvalue weighted by atomic mass is 127. The van der Waals surface area contributed by atoms with E-state index in [1.54, 1.807) is 7.11 Å². The second-order valence-corrected chi connectivity index (χ2v) is 7.69. The van der Waals surface area contributed by atoms with Crippen molar-refractivity contribution in [2.75, 3.05) is 7.11 Å². The molecule has 0 aliphatic rings. The molecule has 0 atom stereocenters. The van der Waals surface area contributed by atoms with Gasteiger partial charge in [0, 0.05) is 9.13 Å². The fourth-order valence-electron chi connectivity index (χ4n) is 2.46. The van der Waals surface area contributed by atoms with Crippen LogP contribution in [0.4, 0.5) is 0 Å². The van der Waals surface area contributed by atoms with E-state index in [-0.39, 0.29) is 0 Å². The summed E-state index contributed by atoms with van der Waals surface area (Å²) >= 11 is 4.49. The number of fused-ring (bicyclic) bond motifs is 1. The molecule has 3 rings (SSSR count). The van der Waals surface area contributed by atoms with E-state index in [9.17, 15) is 5.26 Å². The number of hydrogen-bond donors (Lipinski definition) is 1. The maximum absolute atomic E-state index is 9.60. The number of aromatic amines is 1. The molecule has 0 bridgehead atoms. The molecule has 0 aliphatic heterocycles. The van der Waals surface area contributed by atoms with E-state index in [0.717, 1.165) is 35.1 Å². The molecule has 0 unspecified atom stereocenters. The number of imidazole rings is 1. The van der Waals surface area contributed by atoms with Gasteiger partial charge in [0.2, 0.25) is 0 Å². The summed E-state index contributed by atoms with van der Waals surface area (Å²) in [6.07, 6.45) is 1.81. The fourth-order valence-corrected chi connectivity index (χ4v) is 4.57. The van der Waals surface area contributed by atoms with E-state index in [0.29, 0.717) is 11.4 Å². The van der Waals surface area contributed by atoms with Crippen molar-refractivity contribution in [3.05, 3.63) is 54.4 Å². The first-order valence-corrected chi connectivity index (χ1v) is 9.29. The molecule has 2 aromatic carbocycles. The first-order chi connectivity index (χ1) is 11.5. The molecule has 0 fully saturated rings. The summed E-state index contributed by atoms with van der Waals surface area (Å²) in [4.78, 5) is 7.76. The van der Waals surface area contributed by atoms with Crippen LogP contribution in [0.15, 0.2) is 30.3 Å². The van der Waals surface area contributed by atoms with Crippen molar-refractivity contribution < 1.29 is 4.74 Å². The summed E-state index contributed by atoms with van der Waals surface area (Å²) in [5.74, 6) is 1.32. The Balaban J connectivity index is 2.14. The quantitative estimate of drug-likeness (QED) is 0.369. The van der Waals surface area contributed by atoms with Crippen molar-refractivity contribution in [3.8, 4) is 11.8 Å². The van der Waals surface area contributed by atoms with E-state index in [1.165, 1.54) is 0 Å². The first kappa shape index (κ1) is 17.2. The zero-order valence-corrected chi connectivity index (χ0v) is 17.3. The first-order valence-electron chi connectivity index (χ1n) is 7.13. The van der Waals surface area contributed by atoms with Gasteiger partial charge in [-0.1, -0.05) is 6.07 Å². The number of nitrogens with one attached hydrogen (secondary N) is 1. The smallest absolute Gasteiger partial charge is 0.149 e. The van der Waals surface area contributed by atoms with E-state index < -0.39 is 0 Å². The van der Waals surface area contributed by atoms with E-state index in [4.69, 9.17) is 4.74 Å². The Bertz CT molecular complexity index is 999. The highest BCUT2D eigenvalue weighted by Gasteiger charge is 2.12. The van der Waals surface area contributed by atoms with Crippen LogP contribution in [0.25, 0.3) is 22.7 Å². The van der Waals surface area contributed by atoms with Gasteiger partial charge in [-0.3, -0.25) is 0 Å². The summed E-state index contributed by atoms with van der Waals surface area (Å²) in [7, 11) is 1.64. The molecular formula is C18H13I2N3O. The zero-order chi connectivity index (χ0) is 17.3. The zero-order valence-electron chi connectivity index (χ0n) is 13.0. The Labute approximate surface area is 167 Å². The molecule has 1 aromatic heterocycles. The lowest BCUT2D eigenvalue weighted by atomic mass is 10.1. The summed E-state index contributed by atoms with van der Waals surface area (Å²) in [5.41, 5.74) is 4.26. The number of ether oxygens (including phenoxy) is 1. The molecule has 0 saturated heterocycles. The number of aryl methyl sites for hydroxylation is 1. The molecule has 4 nitrogen and oxygen atoms in total. The van der Waals surface area contributed by atoms with Crippen LogP contribution in [0.3, 0.4) is 0 Å². The molecule has 0 amide bonds. The standard InChI is InChI=1S/C18H13I2N3O/c1-10-3-4-15-16(5-10)23-18(22-15)12(9-21)6-11-7-13(19)8-14(20)17(11)24-2/h3-8H,1-2H3,(H,22,23)/b12-6+. The summed E-state index contributed by atoms with van der Waals surface area (Å²) in [5, 5.41) is 9.60. The van der Waals surface area contributed by atoms with Gasteiger partial charge in [-0.2, -0.15) is 5.26 Å². The minimum absolute atomic E-state index is 0.472.